The first-order valence-corrected chi connectivity index (χ1v) is 11.7. The quantitative estimate of drug-likeness (QED) is 0.364. The Morgan fingerprint density at radius 1 is 1.14 bits per heavy atom. The lowest BCUT2D eigenvalue weighted by atomic mass is 10.1. The molecule has 10 heteroatoms. The van der Waals surface area contributed by atoms with Gasteiger partial charge in [0.05, 0.1) is 33.8 Å². The maximum absolute atomic E-state index is 14.5. The Morgan fingerprint density at radius 2 is 2.09 bits per heavy atom. The molecular weight excluding hydrogens is 447 g/mol. The SMILES string of the molecule is CNc1cc(F)cc2c1[nH]c1nc(Oc3cnc4cccnc4c3)nc(N3CC4CCN[C@H]4C3)c12. The minimum Gasteiger partial charge on any atom is -0.422 e. The van der Waals surface area contributed by atoms with Crippen molar-refractivity contribution in [2.24, 2.45) is 5.92 Å². The minimum atomic E-state index is -0.316. The Kier molecular flexibility index (Phi) is 4.50. The zero-order valence-corrected chi connectivity index (χ0v) is 19.0. The maximum Gasteiger partial charge on any atom is 0.326 e. The smallest absolute Gasteiger partial charge is 0.326 e. The predicted molar refractivity (Wildman–Crippen MR) is 133 cm³/mol. The molecule has 2 fully saturated rings. The van der Waals surface area contributed by atoms with E-state index in [9.17, 15) is 4.39 Å². The largest absolute Gasteiger partial charge is 0.422 e. The van der Waals surface area contributed by atoms with E-state index in [4.69, 9.17) is 9.72 Å². The summed E-state index contributed by atoms with van der Waals surface area (Å²) in [6, 6.07) is 9.20. The number of hydrogen-bond acceptors (Lipinski definition) is 8. The summed E-state index contributed by atoms with van der Waals surface area (Å²) in [5.74, 6) is 1.49. The average molecular weight is 471 g/mol. The number of nitrogens with zero attached hydrogens (tertiary/aromatic N) is 5. The molecule has 5 aromatic rings. The molecule has 1 aromatic carbocycles. The predicted octanol–water partition coefficient (Wildman–Crippen LogP) is 3.83. The van der Waals surface area contributed by atoms with E-state index < -0.39 is 0 Å². The van der Waals surface area contributed by atoms with Crippen LogP contribution in [0.5, 0.6) is 11.8 Å². The average Bonchev–Trinajstić information content (AvgIpc) is 3.56. The van der Waals surface area contributed by atoms with Crippen LogP contribution < -0.4 is 20.3 Å². The lowest BCUT2D eigenvalue weighted by molar-refractivity contribution is 0.442. The van der Waals surface area contributed by atoms with Gasteiger partial charge in [0.25, 0.3) is 0 Å². The van der Waals surface area contributed by atoms with E-state index in [0.29, 0.717) is 29.0 Å². The van der Waals surface area contributed by atoms with Crippen LogP contribution in [-0.4, -0.2) is 57.6 Å². The zero-order chi connectivity index (χ0) is 23.5. The summed E-state index contributed by atoms with van der Waals surface area (Å²) in [4.78, 5) is 23.9. The number of ether oxygens (including phenoxy) is 1. The zero-order valence-electron chi connectivity index (χ0n) is 19.0. The van der Waals surface area contributed by atoms with Gasteiger partial charge in [0.1, 0.15) is 17.3 Å². The number of fused-ring (bicyclic) bond motifs is 5. The summed E-state index contributed by atoms with van der Waals surface area (Å²) in [6.45, 7) is 2.76. The van der Waals surface area contributed by atoms with Crippen LogP contribution in [0.1, 0.15) is 6.42 Å². The Hall–Kier alpha value is -4.05. The van der Waals surface area contributed by atoms with E-state index in [0.717, 1.165) is 59.2 Å². The Bertz CT molecular complexity index is 1590. The summed E-state index contributed by atoms with van der Waals surface area (Å²) in [7, 11) is 1.77. The maximum atomic E-state index is 14.5. The van der Waals surface area contributed by atoms with E-state index in [-0.39, 0.29) is 11.8 Å². The first-order valence-electron chi connectivity index (χ1n) is 11.7. The normalized spacial score (nSPS) is 19.7. The van der Waals surface area contributed by atoms with Crippen LogP contribution in [0.25, 0.3) is 33.0 Å². The molecule has 2 aliphatic heterocycles. The third kappa shape index (κ3) is 3.32. The molecule has 35 heavy (non-hydrogen) atoms. The fourth-order valence-electron chi connectivity index (χ4n) is 5.41. The number of halogens is 1. The molecule has 0 radical (unpaired) electrons. The van der Waals surface area contributed by atoms with Gasteiger partial charge >= 0.3 is 6.01 Å². The summed E-state index contributed by atoms with van der Waals surface area (Å²) in [5.41, 5.74) is 3.55. The van der Waals surface area contributed by atoms with Crippen molar-refractivity contribution in [2.75, 3.05) is 36.9 Å². The molecule has 2 saturated heterocycles. The summed E-state index contributed by atoms with van der Waals surface area (Å²) in [5, 5.41) is 8.20. The van der Waals surface area contributed by atoms with Crippen LogP contribution in [-0.2, 0) is 0 Å². The van der Waals surface area contributed by atoms with E-state index in [2.05, 4.69) is 35.5 Å². The van der Waals surface area contributed by atoms with Crippen molar-refractivity contribution < 1.29 is 9.13 Å². The molecule has 7 rings (SSSR count). The van der Waals surface area contributed by atoms with Crippen molar-refractivity contribution in [1.29, 1.82) is 0 Å². The molecule has 2 atom stereocenters. The summed E-state index contributed by atoms with van der Waals surface area (Å²) in [6.07, 6.45) is 4.50. The lowest BCUT2D eigenvalue weighted by Gasteiger charge is -2.20. The van der Waals surface area contributed by atoms with Crippen molar-refractivity contribution in [3.63, 3.8) is 0 Å². The van der Waals surface area contributed by atoms with Crippen molar-refractivity contribution >= 4 is 44.5 Å². The standard InChI is InChI=1S/C25H23FN8O/c1-27-19-8-14(26)7-16-21-23(31-22(16)19)32-25(33-24(21)34-11-13-4-6-29-20(13)12-34)35-15-9-18-17(30-10-15)3-2-5-28-18/h2-3,5,7-10,13,20,27,29H,4,6,11-12H2,1H3,(H,31,32,33)/t13?,20-/m0/s1. The molecule has 0 saturated carbocycles. The highest BCUT2D eigenvalue weighted by Gasteiger charge is 2.37. The first kappa shape index (κ1) is 20.3. The number of rotatable bonds is 4. The number of hydrogen-bond donors (Lipinski definition) is 3. The van der Waals surface area contributed by atoms with E-state index in [1.807, 2.05) is 18.2 Å². The van der Waals surface area contributed by atoms with Crippen LogP contribution in [0, 0.1) is 11.7 Å². The molecule has 0 bridgehead atoms. The molecule has 1 unspecified atom stereocenters. The van der Waals surface area contributed by atoms with Crippen LogP contribution in [0.4, 0.5) is 15.9 Å². The fourth-order valence-corrected chi connectivity index (χ4v) is 5.41. The van der Waals surface area contributed by atoms with Crippen molar-refractivity contribution in [1.82, 2.24) is 30.2 Å². The molecule has 0 spiro atoms. The number of pyridine rings is 2. The number of aromatic amines is 1. The number of benzene rings is 1. The van der Waals surface area contributed by atoms with Crippen LogP contribution in [0.2, 0.25) is 0 Å². The van der Waals surface area contributed by atoms with Gasteiger partial charge in [-0.15, -0.1) is 0 Å². The van der Waals surface area contributed by atoms with Gasteiger partial charge in [-0.25, -0.2) is 4.39 Å². The second-order valence-corrected chi connectivity index (χ2v) is 9.13. The van der Waals surface area contributed by atoms with Gasteiger partial charge in [0, 0.05) is 43.8 Å². The summed E-state index contributed by atoms with van der Waals surface area (Å²) >= 11 is 0. The molecular formula is C25H23FN8O. The number of nitrogens with one attached hydrogen (secondary N) is 3. The highest BCUT2D eigenvalue weighted by Crippen LogP contribution is 2.39. The third-order valence-corrected chi connectivity index (χ3v) is 7.05. The van der Waals surface area contributed by atoms with Gasteiger partial charge in [-0.1, -0.05) is 0 Å². The van der Waals surface area contributed by atoms with Gasteiger partial charge in [0.15, 0.2) is 5.75 Å². The molecule has 0 amide bonds. The molecule has 0 aliphatic carbocycles. The highest BCUT2D eigenvalue weighted by atomic mass is 19.1. The van der Waals surface area contributed by atoms with E-state index in [1.54, 1.807) is 19.4 Å². The Labute approximate surface area is 199 Å². The molecule has 9 nitrogen and oxygen atoms in total. The Morgan fingerprint density at radius 3 is 2.97 bits per heavy atom. The van der Waals surface area contributed by atoms with Gasteiger partial charge in [-0.2, -0.15) is 9.97 Å². The van der Waals surface area contributed by atoms with Gasteiger partial charge in [0.2, 0.25) is 0 Å². The van der Waals surface area contributed by atoms with Crippen LogP contribution >= 0.6 is 0 Å². The van der Waals surface area contributed by atoms with Gasteiger partial charge in [-0.3, -0.25) is 9.97 Å². The third-order valence-electron chi connectivity index (χ3n) is 7.05. The monoisotopic (exact) mass is 470 g/mol. The lowest BCUT2D eigenvalue weighted by Crippen LogP contribution is -2.30. The molecule has 2 aliphatic rings. The molecule has 4 aromatic heterocycles. The minimum absolute atomic E-state index is 0.202. The first-order chi connectivity index (χ1) is 17.2. The highest BCUT2D eigenvalue weighted by molar-refractivity contribution is 6.14. The van der Waals surface area contributed by atoms with Crippen LogP contribution in [0.15, 0.2) is 42.7 Å². The molecule has 6 heterocycles. The van der Waals surface area contributed by atoms with Gasteiger partial charge in [-0.05, 0) is 43.1 Å². The Balaban J connectivity index is 1.39. The number of anilines is 2. The molecule has 176 valence electrons. The topological polar surface area (TPSA) is 104 Å². The van der Waals surface area contributed by atoms with Crippen LogP contribution in [0.3, 0.4) is 0 Å². The second-order valence-electron chi connectivity index (χ2n) is 9.13. The van der Waals surface area contributed by atoms with E-state index in [1.165, 1.54) is 12.1 Å². The van der Waals surface area contributed by atoms with Crippen molar-refractivity contribution in [3.8, 4) is 11.8 Å². The fraction of sp³-hybridized carbons (Fsp3) is 0.280. The van der Waals surface area contributed by atoms with Crippen molar-refractivity contribution in [3.05, 3.63) is 48.5 Å². The number of aromatic nitrogens is 5. The number of H-pyrrole nitrogens is 1. The van der Waals surface area contributed by atoms with Crippen molar-refractivity contribution in [2.45, 2.75) is 12.5 Å². The van der Waals surface area contributed by atoms with E-state index >= 15 is 0 Å². The second kappa shape index (κ2) is 7.74. The van der Waals surface area contributed by atoms with Gasteiger partial charge < -0.3 is 25.3 Å². The molecule has 3 N–H and O–H groups in total. The summed E-state index contributed by atoms with van der Waals surface area (Å²) < 4.78 is 20.6.